The predicted octanol–water partition coefficient (Wildman–Crippen LogP) is 4.79. The fourth-order valence-electron chi connectivity index (χ4n) is 5.32. The lowest BCUT2D eigenvalue weighted by molar-refractivity contribution is -0.0418. The molecule has 1 aliphatic carbocycles. The van der Waals surface area contributed by atoms with Gasteiger partial charge in [-0.15, -0.1) is 0 Å². The number of ether oxygens (including phenoxy) is 3. The Kier molecular flexibility index (Phi) is 3.80. The van der Waals surface area contributed by atoms with Gasteiger partial charge in [0.2, 0.25) is 0 Å². The lowest BCUT2D eigenvalue weighted by Gasteiger charge is -2.31. The highest BCUT2D eigenvalue weighted by atomic mass is 16.7. The van der Waals surface area contributed by atoms with E-state index >= 15 is 0 Å². The van der Waals surface area contributed by atoms with Crippen LogP contribution in [0.3, 0.4) is 0 Å². The molecule has 4 aromatic carbocycles. The van der Waals surface area contributed by atoms with Gasteiger partial charge in [0.1, 0.15) is 23.4 Å². The van der Waals surface area contributed by atoms with E-state index in [1.54, 1.807) is 0 Å². The Bertz CT molecular complexity index is 1430. The number of phenolic OH excluding ortho intramolecular Hbond substituents is 2. The Morgan fingerprint density at radius 2 is 1.41 bits per heavy atom. The highest BCUT2D eigenvalue weighted by Gasteiger charge is 2.52. The van der Waals surface area contributed by atoms with Gasteiger partial charge in [-0.3, -0.25) is 0 Å². The van der Waals surface area contributed by atoms with Crippen molar-refractivity contribution in [2.45, 2.75) is 24.4 Å². The minimum absolute atomic E-state index is 0.0984. The lowest BCUT2D eigenvalue weighted by Crippen LogP contribution is -2.34. The summed E-state index contributed by atoms with van der Waals surface area (Å²) in [5.74, 6) is 0.252. The quantitative estimate of drug-likeness (QED) is 0.385. The average molecular weight is 452 g/mol. The number of aromatic hydroxyl groups is 2. The Hall–Kier alpha value is -4.16. The van der Waals surface area contributed by atoms with E-state index in [1.165, 1.54) is 12.1 Å². The fraction of sp³-hybridized carbons (Fsp3) is 0.143. The van der Waals surface area contributed by atoms with E-state index in [-0.39, 0.29) is 17.9 Å². The van der Waals surface area contributed by atoms with Crippen LogP contribution < -0.4 is 14.2 Å². The minimum Gasteiger partial charge on any atom is -0.508 e. The summed E-state index contributed by atoms with van der Waals surface area (Å²) in [6.45, 7) is 0. The van der Waals surface area contributed by atoms with Crippen molar-refractivity contribution in [3.05, 3.63) is 101 Å². The molecule has 4 aromatic rings. The Balaban J connectivity index is 1.28. The summed E-state index contributed by atoms with van der Waals surface area (Å²) in [5.41, 5.74) is 5.23. The number of aliphatic hydroxyl groups excluding tert-OH is 1. The third kappa shape index (κ3) is 2.54. The topological polar surface area (TPSA) is 88.4 Å². The molecule has 0 radical (unpaired) electrons. The summed E-state index contributed by atoms with van der Waals surface area (Å²) >= 11 is 0. The molecule has 1 spiro atoms. The Labute approximate surface area is 195 Å². The number of fused-ring (bicyclic) bond motifs is 7. The van der Waals surface area contributed by atoms with Crippen LogP contribution in [0.1, 0.15) is 28.4 Å². The molecule has 7 rings (SSSR count). The predicted molar refractivity (Wildman–Crippen MR) is 123 cm³/mol. The zero-order valence-corrected chi connectivity index (χ0v) is 17.9. The van der Waals surface area contributed by atoms with Crippen LogP contribution in [0.4, 0.5) is 0 Å². The number of benzene rings is 4. The summed E-state index contributed by atoms with van der Waals surface area (Å²) < 4.78 is 19.0. The molecular formula is C28H20O6. The largest absolute Gasteiger partial charge is 0.508 e. The number of hydrogen-bond donors (Lipinski definition) is 3. The molecule has 34 heavy (non-hydrogen) atoms. The van der Waals surface area contributed by atoms with Gasteiger partial charge in [0.15, 0.2) is 11.5 Å². The second-order valence-corrected chi connectivity index (χ2v) is 8.87. The van der Waals surface area contributed by atoms with Crippen molar-refractivity contribution in [3.8, 4) is 39.9 Å². The molecule has 6 heteroatoms. The van der Waals surface area contributed by atoms with E-state index < -0.39 is 18.0 Å². The van der Waals surface area contributed by atoms with Crippen molar-refractivity contribution in [2.75, 3.05) is 0 Å². The molecule has 0 amide bonds. The molecule has 2 atom stereocenters. The van der Waals surface area contributed by atoms with Crippen molar-refractivity contribution >= 4 is 0 Å². The monoisotopic (exact) mass is 452 g/mol. The maximum absolute atomic E-state index is 10.8. The molecule has 0 aromatic heterocycles. The van der Waals surface area contributed by atoms with Gasteiger partial charge < -0.3 is 29.5 Å². The SMILES string of the molecule is Oc1cc(O)c2c(c1)O[C@H](c1ccc3c(c1)OC1(O3)c3ccccc3-c3ccccc31)[C@@H](O)C2. The zero-order valence-electron chi connectivity index (χ0n) is 17.9. The van der Waals surface area contributed by atoms with Crippen molar-refractivity contribution < 1.29 is 29.5 Å². The average Bonchev–Trinajstić information content (AvgIpc) is 3.35. The maximum atomic E-state index is 10.8. The van der Waals surface area contributed by atoms with E-state index in [4.69, 9.17) is 14.2 Å². The summed E-state index contributed by atoms with van der Waals surface area (Å²) in [7, 11) is 0. The minimum atomic E-state index is -1.07. The molecule has 168 valence electrons. The molecule has 2 heterocycles. The van der Waals surface area contributed by atoms with Gasteiger partial charge in [0.25, 0.3) is 0 Å². The van der Waals surface area contributed by atoms with Crippen LogP contribution in [0.15, 0.2) is 78.9 Å². The van der Waals surface area contributed by atoms with Crippen LogP contribution in [-0.4, -0.2) is 21.4 Å². The van der Waals surface area contributed by atoms with Gasteiger partial charge in [0.05, 0.1) is 6.10 Å². The zero-order chi connectivity index (χ0) is 23.0. The standard InChI is InChI=1S/C28H20O6/c29-16-12-22(30)19-14-23(31)27(32-25(19)13-16)15-9-10-24-26(11-15)34-28(33-24)20-7-3-1-5-17(20)18-6-2-4-8-21(18)28/h1-13,23,27,29-31H,14H2/t23-,27+/m0/s1. The number of aliphatic hydroxyl groups is 1. The van der Waals surface area contributed by atoms with Crippen molar-refractivity contribution in [1.82, 2.24) is 0 Å². The van der Waals surface area contributed by atoms with Crippen molar-refractivity contribution in [2.24, 2.45) is 0 Å². The lowest BCUT2D eigenvalue weighted by atomic mass is 9.94. The van der Waals surface area contributed by atoms with Crippen LogP contribution in [0.25, 0.3) is 11.1 Å². The number of hydrogen-bond acceptors (Lipinski definition) is 6. The van der Waals surface area contributed by atoms with E-state index in [9.17, 15) is 15.3 Å². The molecule has 0 bridgehead atoms. The summed E-state index contributed by atoms with van der Waals surface area (Å²) in [6, 6.07) is 24.3. The molecule has 0 saturated carbocycles. The van der Waals surface area contributed by atoms with Gasteiger partial charge in [-0.1, -0.05) is 54.6 Å². The maximum Gasteiger partial charge on any atom is 0.306 e. The van der Waals surface area contributed by atoms with Crippen LogP contribution in [-0.2, 0) is 12.2 Å². The molecule has 3 N–H and O–H groups in total. The first kappa shape index (κ1) is 19.3. The highest BCUT2D eigenvalue weighted by Crippen LogP contribution is 2.56. The summed E-state index contributed by atoms with van der Waals surface area (Å²) in [5, 5.41) is 30.8. The van der Waals surface area contributed by atoms with Crippen LogP contribution >= 0.6 is 0 Å². The second-order valence-electron chi connectivity index (χ2n) is 8.87. The van der Waals surface area contributed by atoms with Crippen LogP contribution in [0.5, 0.6) is 28.7 Å². The van der Waals surface area contributed by atoms with E-state index in [0.29, 0.717) is 28.4 Å². The van der Waals surface area contributed by atoms with Gasteiger partial charge in [-0.25, -0.2) is 0 Å². The molecule has 0 fully saturated rings. The first-order chi connectivity index (χ1) is 16.5. The second kappa shape index (κ2) is 6.68. The number of rotatable bonds is 1. The van der Waals surface area contributed by atoms with E-state index in [1.807, 2.05) is 54.6 Å². The molecule has 2 aliphatic heterocycles. The third-order valence-electron chi connectivity index (χ3n) is 6.84. The van der Waals surface area contributed by atoms with Gasteiger partial charge in [-0.2, -0.15) is 0 Å². The Morgan fingerprint density at radius 1 is 0.735 bits per heavy atom. The summed E-state index contributed by atoms with van der Waals surface area (Å²) in [4.78, 5) is 0. The van der Waals surface area contributed by atoms with Gasteiger partial charge in [-0.05, 0) is 28.8 Å². The van der Waals surface area contributed by atoms with Crippen LogP contribution in [0.2, 0.25) is 0 Å². The molecule has 0 unspecified atom stereocenters. The Morgan fingerprint density at radius 3 is 2.15 bits per heavy atom. The first-order valence-corrected chi connectivity index (χ1v) is 11.1. The normalized spacial score (nSPS) is 20.4. The van der Waals surface area contributed by atoms with Crippen molar-refractivity contribution in [3.63, 3.8) is 0 Å². The molecular weight excluding hydrogens is 432 g/mol. The summed E-state index contributed by atoms with van der Waals surface area (Å²) in [6.07, 6.45) is -1.38. The van der Waals surface area contributed by atoms with Gasteiger partial charge >= 0.3 is 5.79 Å². The van der Waals surface area contributed by atoms with E-state index in [2.05, 4.69) is 12.1 Å². The molecule has 3 aliphatic rings. The molecule has 6 nitrogen and oxygen atoms in total. The van der Waals surface area contributed by atoms with Gasteiger partial charge in [0, 0.05) is 35.2 Å². The first-order valence-electron chi connectivity index (χ1n) is 11.1. The third-order valence-corrected chi connectivity index (χ3v) is 6.84. The van der Waals surface area contributed by atoms with Crippen LogP contribution in [0, 0.1) is 0 Å². The number of phenols is 2. The molecule has 0 saturated heterocycles. The smallest absolute Gasteiger partial charge is 0.306 e. The van der Waals surface area contributed by atoms with E-state index in [0.717, 1.165) is 22.3 Å². The fourth-order valence-corrected chi connectivity index (χ4v) is 5.32. The van der Waals surface area contributed by atoms with Crippen molar-refractivity contribution in [1.29, 1.82) is 0 Å². The highest BCUT2D eigenvalue weighted by molar-refractivity contribution is 5.80.